The summed E-state index contributed by atoms with van der Waals surface area (Å²) in [4.78, 5) is 45.6. The zero-order chi connectivity index (χ0) is 13.2. The molecule has 1 saturated carbocycles. The van der Waals surface area contributed by atoms with E-state index in [-0.39, 0.29) is 17.5 Å². The van der Waals surface area contributed by atoms with Crippen molar-refractivity contribution < 1.29 is 19.2 Å². The minimum Gasteiger partial charge on any atom is -0.303 e. The molecule has 4 nitrogen and oxygen atoms in total. The van der Waals surface area contributed by atoms with Gasteiger partial charge >= 0.3 is 0 Å². The molecule has 17 heavy (non-hydrogen) atoms. The fourth-order valence-corrected chi connectivity index (χ4v) is 2.75. The van der Waals surface area contributed by atoms with Gasteiger partial charge in [-0.05, 0) is 13.3 Å². The molecule has 0 unspecified atom stereocenters. The van der Waals surface area contributed by atoms with E-state index in [0.29, 0.717) is 19.0 Å². The predicted molar refractivity (Wildman–Crippen MR) is 61.2 cm³/mol. The van der Waals surface area contributed by atoms with Gasteiger partial charge in [0.15, 0.2) is 0 Å². The molecule has 0 heterocycles. The highest BCUT2D eigenvalue weighted by atomic mass is 16.1. The molecule has 1 fully saturated rings. The number of Topliss-reactive ketones (excluding diaryl/α,β-unsaturated/α-hetero) is 2. The maximum absolute atomic E-state index is 12.1. The van der Waals surface area contributed by atoms with Gasteiger partial charge in [-0.2, -0.15) is 0 Å². The van der Waals surface area contributed by atoms with Crippen LogP contribution in [-0.4, -0.2) is 24.1 Å². The van der Waals surface area contributed by atoms with Crippen LogP contribution in [0.4, 0.5) is 0 Å². The lowest BCUT2D eigenvalue weighted by Crippen LogP contribution is -2.34. The van der Waals surface area contributed by atoms with Crippen molar-refractivity contribution in [2.24, 2.45) is 29.6 Å². The largest absolute Gasteiger partial charge is 0.303 e. The van der Waals surface area contributed by atoms with Crippen LogP contribution < -0.4 is 0 Å². The molecule has 4 atom stereocenters. The number of ketones is 2. The monoisotopic (exact) mass is 238 g/mol. The molecule has 1 aliphatic carbocycles. The van der Waals surface area contributed by atoms with Crippen molar-refractivity contribution in [2.75, 3.05) is 0 Å². The van der Waals surface area contributed by atoms with Crippen molar-refractivity contribution >= 4 is 24.1 Å². The second-order valence-electron chi connectivity index (χ2n) is 5.05. The lowest BCUT2D eigenvalue weighted by atomic mass is 9.79. The summed E-state index contributed by atoms with van der Waals surface area (Å²) in [5.74, 6) is -2.70. The van der Waals surface area contributed by atoms with Gasteiger partial charge in [0.25, 0.3) is 0 Å². The van der Waals surface area contributed by atoms with Gasteiger partial charge in [-0.15, -0.1) is 0 Å². The minimum absolute atomic E-state index is 0.0911. The molecule has 0 spiro atoms. The maximum Gasteiger partial charge on any atom is 0.139 e. The lowest BCUT2D eigenvalue weighted by Gasteiger charge is -2.21. The van der Waals surface area contributed by atoms with Crippen LogP contribution in [0, 0.1) is 29.6 Å². The SMILES string of the molecule is CC(=O)[C@@H]1[C@H](C(=O)C(C)C)[C@@H](C=O)C[C@H]1C=O. The second kappa shape index (κ2) is 5.34. The molecule has 1 aliphatic rings. The molecule has 0 amide bonds. The lowest BCUT2D eigenvalue weighted by molar-refractivity contribution is -0.136. The molecular formula is C13H18O4. The van der Waals surface area contributed by atoms with Gasteiger partial charge in [0.05, 0.1) is 0 Å². The van der Waals surface area contributed by atoms with Gasteiger partial charge in [0.2, 0.25) is 0 Å². The number of rotatable bonds is 5. The first-order valence-corrected chi connectivity index (χ1v) is 5.88. The minimum atomic E-state index is -0.613. The Hall–Kier alpha value is -1.32. The third kappa shape index (κ3) is 2.51. The Labute approximate surface area is 101 Å². The summed E-state index contributed by atoms with van der Waals surface area (Å²) in [7, 11) is 0. The van der Waals surface area contributed by atoms with Crippen LogP contribution in [0.1, 0.15) is 27.2 Å². The van der Waals surface area contributed by atoms with E-state index in [9.17, 15) is 19.2 Å². The fourth-order valence-electron chi connectivity index (χ4n) is 2.75. The van der Waals surface area contributed by atoms with E-state index in [2.05, 4.69) is 0 Å². The van der Waals surface area contributed by atoms with Crippen LogP contribution in [-0.2, 0) is 19.2 Å². The van der Waals surface area contributed by atoms with Crippen molar-refractivity contribution in [1.82, 2.24) is 0 Å². The Morgan fingerprint density at radius 2 is 1.53 bits per heavy atom. The van der Waals surface area contributed by atoms with Crippen LogP contribution in [0.15, 0.2) is 0 Å². The molecule has 0 bridgehead atoms. The van der Waals surface area contributed by atoms with Crippen molar-refractivity contribution in [3.63, 3.8) is 0 Å². The number of hydrogen-bond acceptors (Lipinski definition) is 4. The summed E-state index contributed by atoms with van der Waals surface area (Å²) in [5.41, 5.74) is 0. The van der Waals surface area contributed by atoms with Crippen molar-refractivity contribution in [2.45, 2.75) is 27.2 Å². The Kier molecular flexibility index (Phi) is 4.32. The molecule has 0 aromatic carbocycles. The van der Waals surface area contributed by atoms with Crippen LogP contribution in [0.25, 0.3) is 0 Å². The topological polar surface area (TPSA) is 68.3 Å². The van der Waals surface area contributed by atoms with E-state index in [1.54, 1.807) is 13.8 Å². The predicted octanol–water partition coefficient (Wildman–Crippen LogP) is 1.07. The highest BCUT2D eigenvalue weighted by Crippen LogP contribution is 2.42. The molecule has 0 aromatic heterocycles. The van der Waals surface area contributed by atoms with Crippen molar-refractivity contribution in [3.05, 3.63) is 0 Å². The number of carbonyl (C=O) groups is 4. The normalized spacial score (nSPS) is 32.5. The molecule has 0 aromatic rings. The summed E-state index contributed by atoms with van der Waals surface area (Å²) in [6, 6.07) is 0. The summed E-state index contributed by atoms with van der Waals surface area (Å²) in [5, 5.41) is 0. The first kappa shape index (κ1) is 13.7. The molecule has 0 radical (unpaired) electrons. The van der Waals surface area contributed by atoms with E-state index in [0.717, 1.165) is 0 Å². The standard InChI is InChI=1S/C13H18O4/c1-7(2)13(17)12-10(6-15)4-9(5-14)11(12)8(3)16/h5-7,9-12H,4H2,1-3H3/t9-,10+,11-,12+/m0/s1. The van der Waals surface area contributed by atoms with E-state index in [1.807, 2.05) is 0 Å². The third-order valence-corrected chi connectivity index (χ3v) is 3.57. The van der Waals surface area contributed by atoms with Gasteiger partial charge in [0.1, 0.15) is 24.1 Å². The Morgan fingerprint density at radius 1 is 1.06 bits per heavy atom. The van der Waals surface area contributed by atoms with E-state index >= 15 is 0 Å². The Bertz CT molecular complexity index is 345. The number of hydrogen-bond donors (Lipinski definition) is 0. The van der Waals surface area contributed by atoms with E-state index in [1.165, 1.54) is 6.92 Å². The first-order chi connectivity index (χ1) is 7.93. The van der Waals surface area contributed by atoms with Crippen LogP contribution >= 0.6 is 0 Å². The molecule has 0 saturated heterocycles. The Morgan fingerprint density at radius 3 is 1.88 bits per heavy atom. The third-order valence-electron chi connectivity index (χ3n) is 3.57. The molecule has 0 aliphatic heterocycles. The van der Waals surface area contributed by atoms with Crippen LogP contribution in [0.5, 0.6) is 0 Å². The van der Waals surface area contributed by atoms with E-state index in [4.69, 9.17) is 0 Å². The first-order valence-electron chi connectivity index (χ1n) is 5.88. The smallest absolute Gasteiger partial charge is 0.139 e. The highest BCUT2D eigenvalue weighted by Gasteiger charge is 2.49. The summed E-state index contributed by atoms with van der Waals surface area (Å²) in [6.45, 7) is 4.88. The summed E-state index contributed by atoms with van der Waals surface area (Å²) >= 11 is 0. The number of aldehydes is 2. The zero-order valence-electron chi connectivity index (χ0n) is 10.4. The van der Waals surface area contributed by atoms with Gasteiger partial charge in [-0.25, -0.2) is 0 Å². The van der Waals surface area contributed by atoms with Crippen molar-refractivity contribution in [1.29, 1.82) is 0 Å². The maximum atomic E-state index is 12.1. The van der Waals surface area contributed by atoms with Gasteiger partial charge in [-0.3, -0.25) is 9.59 Å². The zero-order valence-corrected chi connectivity index (χ0v) is 10.4. The molecule has 0 N–H and O–H groups in total. The van der Waals surface area contributed by atoms with Gasteiger partial charge in [-0.1, -0.05) is 13.8 Å². The van der Waals surface area contributed by atoms with Gasteiger partial charge < -0.3 is 9.59 Å². The van der Waals surface area contributed by atoms with Gasteiger partial charge in [0, 0.05) is 29.6 Å². The van der Waals surface area contributed by atoms with Crippen molar-refractivity contribution in [3.8, 4) is 0 Å². The molecular weight excluding hydrogens is 220 g/mol. The summed E-state index contributed by atoms with van der Waals surface area (Å²) < 4.78 is 0. The molecule has 1 rings (SSSR count). The molecule has 4 heteroatoms. The quantitative estimate of drug-likeness (QED) is 0.672. The van der Waals surface area contributed by atoms with Crippen LogP contribution in [0.3, 0.4) is 0 Å². The fraction of sp³-hybridized carbons (Fsp3) is 0.692. The summed E-state index contributed by atoms with van der Waals surface area (Å²) in [6.07, 6.45) is 1.74. The number of carbonyl (C=O) groups excluding carboxylic acids is 4. The van der Waals surface area contributed by atoms with E-state index < -0.39 is 23.7 Å². The average Bonchev–Trinajstić information content (AvgIpc) is 2.65. The second-order valence-corrected chi connectivity index (χ2v) is 5.05. The van der Waals surface area contributed by atoms with Crippen LogP contribution in [0.2, 0.25) is 0 Å². The Balaban J connectivity index is 3.10. The average molecular weight is 238 g/mol. The molecule has 94 valence electrons. The highest BCUT2D eigenvalue weighted by molar-refractivity contribution is 5.94.